The van der Waals surface area contributed by atoms with Gasteiger partial charge in [0.05, 0.1) is 23.1 Å². The van der Waals surface area contributed by atoms with Crippen molar-refractivity contribution >= 4 is 31.6 Å². The van der Waals surface area contributed by atoms with E-state index in [9.17, 15) is 44.3 Å². The number of alkyl halides is 6. The molecule has 0 aromatic carbocycles. The Hall–Kier alpha value is -1.87. The maximum absolute atomic E-state index is 13.9. The monoisotopic (exact) mass is 493 g/mol. The summed E-state index contributed by atoms with van der Waals surface area (Å²) in [6.07, 6.45) is -11.0. The van der Waals surface area contributed by atoms with Crippen LogP contribution < -0.4 is 11.2 Å². The smallest absolute Gasteiger partial charge is 0.284 e. The fraction of sp³-hybridized carbons (Fsp3) is 0.625. The molecular weight excluding hydrogens is 476 g/mol. The number of hydrogen-bond acceptors (Lipinski definition) is 5. The molecule has 3 rings (SSSR count). The minimum absolute atomic E-state index is 0.0199. The number of sulfonamides is 1. The Balaban J connectivity index is 2.32. The van der Waals surface area contributed by atoms with Crippen molar-refractivity contribution in [2.24, 2.45) is 0 Å². The fourth-order valence-electron chi connectivity index (χ4n) is 3.46. The molecule has 0 amide bonds. The summed E-state index contributed by atoms with van der Waals surface area (Å²) in [6, 6.07) is 0. The van der Waals surface area contributed by atoms with Crippen LogP contribution in [0.4, 0.5) is 26.3 Å². The maximum Gasteiger partial charge on any atom is 0.418 e. The van der Waals surface area contributed by atoms with Gasteiger partial charge in [0.1, 0.15) is 4.83 Å². The van der Waals surface area contributed by atoms with Crippen LogP contribution in [0.25, 0.3) is 10.2 Å². The summed E-state index contributed by atoms with van der Waals surface area (Å²) in [6.45, 7) is -0.718. The summed E-state index contributed by atoms with van der Waals surface area (Å²) >= 11 is 0.319. The van der Waals surface area contributed by atoms with E-state index in [2.05, 4.69) is 0 Å². The first-order valence-electron chi connectivity index (χ1n) is 9.08. The zero-order valence-electron chi connectivity index (χ0n) is 16.0. The van der Waals surface area contributed by atoms with Crippen LogP contribution in [0.15, 0.2) is 9.59 Å². The molecule has 0 spiro atoms. The number of aryl methyl sites for hydroxylation is 1. The Kier molecular flexibility index (Phi) is 6.08. The van der Waals surface area contributed by atoms with Gasteiger partial charge < -0.3 is 0 Å². The average Bonchev–Trinajstić information content (AvgIpc) is 3.14. The quantitative estimate of drug-likeness (QED) is 0.600. The van der Waals surface area contributed by atoms with Gasteiger partial charge in [0.15, 0.2) is 0 Å². The summed E-state index contributed by atoms with van der Waals surface area (Å²) in [4.78, 5) is 24.1. The molecule has 0 radical (unpaired) electrons. The van der Waals surface area contributed by atoms with Gasteiger partial charge in [-0.3, -0.25) is 13.9 Å². The van der Waals surface area contributed by atoms with Crippen LogP contribution in [0.5, 0.6) is 0 Å². The summed E-state index contributed by atoms with van der Waals surface area (Å²) in [5, 5.41) is -0.923. The Morgan fingerprint density at radius 2 is 1.71 bits per heavy atom. The molecule has 1 aliphatic rings. The summed E-state index contributed by atoms with van der Waals surface area (Å²) < 4.78 is 106. The van der Waals surface area contributed by atoms with Crippen LogP contribution in [0.3, 0.4) is 0 Å². The number of aromatic nitrogens is 2. The number of rotatable bonds is 5. The Morgan fingerprint density at radius 3 is 2.19 bits per heavy atom. The van der Waals surface area contributed by atoms with Crippen molar-refractivity contribution in [1.29, 1.82) is 0 Å². The second-order valence-corrected chi connectivity index (χ2v) is 10.1. The molecule has 15 heteroatoms. The van der Waals surface area contributed by atoms with E-state index in [4.69, 9.17) is 0 Å². The van der Waals surface area contributed by atoms with Crippen LogP contribution in [-0.4, -0.2) is 40.3 Å². The van der Waals surface area contributed by atoms with Crippen molar-refractivity contribution in [3.8, 4) is 0 Å². The largest absolute Gasteiger partial charge is 0.418 e. The number of fused-ring (bicyclic) bond motifs is 1. The number of nitrogens with zero attached hydrogens (tertiary/aromatic N) is 3. The van der Waals surface area contributed by atoms with E-state index in [1.165, 1.54) is 6.92 Å². The van der Waals surface area contributed by atoms with Gasteiger partial charge in [0.2, 0.25) is 10.0 Å². The number of thiophene rings is 1. The minimum atomic E-state index is -5.09. The molecule has 0 saturated carbocycles. The zero-order valence-corrected chi connectivity index (χ0v) is 17.6. The molecule has 1 fully saturated rings. The fourth-order valence-corrected chi connectivity index (χ4v) is 6.37. The first kappa shape index (κ1) is 23.8. The molecule has 2 aromatic rings. The predicted molar refractivity (Wildman–Crippen MR) is 101 cm³/mol. The molecule has 7 nitrogen and oxygen atoms in total. The van der Waals surface area contributed by atoms with E-state index in [1.54, 1.807) is 0 Å². The third kappa shape index (κ3) is 4.53. The zero-order chi connectivity index (χ0) is 23.4. The highest BCUT2D eigenvalue weighted by Gasteiger charge is 2.41. The second-order valence-electron chi connectivity index (χ2n) is 6.93. The SMILES string of the molecule is CCn1c(=O)c2c(C(F)(F)F)c(CN3CCCS3(=O)=O)sc2n(CCC(F)(F)F)c1=O. The Bertz CT molecular complexity index is 1220. The van der Waals surface area contributed by atoms with E-state index < -0.39 is 73.8 Å². The summed E-state index contributed by atoms with van der Waals surface area (Å²) in [5.41, 5.74) is -3.84. The molecule has 2 aromatic heterocycles. The normalized spacial score (nSPS) is 17.6. The van der Waals surface area contributed by atoms with Crippen molar-refractivity contribution in [1.82, 2.24) is 13.4 Å². The van der Waals surface area contributed by atoms with Gasteiger partial charge in [-0.25, -0.2) is 13.2 Å². The van der Waals surface area contributed by atoms with Gasteiger partial charge in [0, 0.05) is 31.1 Å². The second kappa shape index (κ2) is 7.92. The van der Waals surface area contributed by atoms with Gasteiger partial charge in [-0.2, -0.15) is 30.6 Å². The molecule has 1 aliphatic heterocycles. The number of hydrogen-bond donors (Lipinski definition) is 0. The highest BCUT2D eigenvalue weighted by atomic mass is 32.2. The maximum atomic E-state index is 13.9. The minimum Gasteiger partial charge on any atom is -0.284 e. The van der Waals surface area contributed by atoms with Crippen molar-refractivity contribution in [2.45, 2.75) is 51.8 Å². The number of halogens is 6. The third-order valence-electron chi connectivity index (χ3n) is 4.87. The lowest BCUT2D eigenvalue weighted by atomic mass is 10.1. The molecular formula is C16H17F6N3O4S2. The van der Waals surface area contributed by atoms with Crippen molar-refractivity contribution in [3.05, 3.63) is 31.3 Å². The van der Waals surface area contributed by atoms with E-state index in [1.807, 2.05) is 0 Å². The first-order valence-corrected chi connectivity index (χ1v) is 11.5. The van der Waals surface area contributed by atoms with Crippen LogP contribution in [0.1, 0.15) is 30.2 Å². The predicted octanol–water partition coefficient (Wildman–Crippen LogP) is 2.75. The average molecular weight is 493 g/mol. The summed E-state index contributed by atoms with van der Waals surface area (Å²) in [5.74, 6) is -0.238. The molecule has 0 unspecified atom stereocenters. The lowest BCUT2D eigenvalue weighted by Crippen LogP contribution is -2.40. The molecule has 0 aliphatic carbocycles. The highest BCUT2D eigenvalue weighted by molar-refractivity contribution is 7.89. The topological polar surface area (TPSA) is 81.4 Å². The standard InChI is InChI=1S/C16H17F6N3O4S2/c1-2-24-12(26)10-11(16(20,21)22)9(8-23-5-3-7-31(23,28)29)30-13(10)25(14(24)27)6-4-15(17,18)19/h2-8H2,1H3. The first-order chi connectivity index (χ1) is 14.2. The van der Waals surface area contributed by atoms with E-state index in [0.29, 0.717) is 20.5 Å². The van der Waals surface area contributed by atoms with E-state index in [0.717, 1.165) is 4.31 Å². The van der Waals surface area contributed by atoms with Crippen LogP contribution >= 0.6 is 11.3 Å². The van der Waals surface area contributed by atoms with Crippen LogP contribution in [0.2, 0.25) is 0 Å². The molecule has 3 heterocycles. The lowest BCUT2D eigenvalue weighted by Gasteiger charge is -2.15. The third-order valence-corrected chi connectivity index (χ3v) is 7.97. The molecule has 174 valence electrons. The van der Waals surface area contributed by atoms with Gasteiger partial charge in [-0.05, 0) is 13.3 Å². The van der Waals surface area contributed by atoms with Crippen molar-refractivity contribution in [3.63, 3.8) is 0 Å². The summed E-state index contributed by atoms with van der Waals surface area (Å²) in [7, 11) is -3.78. The molecule has 1 saturated heterocycles. The Labute approximate surface area is 175 Å². The highest BCUT2D eigenvalue weighted by Crippen LogP contribution is 2.42. The van der Waals surface area contributed by atoms with Crippen molar-refractivity contribution < 1.29 is 34.8 Å². The van der Waals surface area contributed by atoms with Crippen LogP contribution in [0, 0.1) is 0 Å². The van der Waals surface area contributed by atoms with Crippen LogP contribution in [-0.2, 0) is 35.8 Å². The molecule has 0 atom stereocenters. The van der Waals surface area contributed by atoms with Gasteiger partial charge >= 0.3 is 18.0 Å². The van der Waals surface area contributed by atoms with Crippen molar-refractivity contribution in [2.75, 3.05) is 12.3 Å². The molecule has 0 N–H and O–H groups in total. The Morgan fingerprint density at radius 1 is 1.06 bits per heavy atom. The van der Waals surface area contributed by atoms with Gasteiger partial charge in [-0.15, -0.1) is 11.3 Å². The van der Waals surface area contributed by atoms with Gasteiger partial charge in [0.25, 0.3) is 5.56 Å². The molecule has 31 heavy (non-hydrogen) atoms. The van der Waals surface area contributed by atoms with E-state index in [-0.39, 0.29) is 25.3 Å². The van der Waals surface area contributed by atoms with Gasteiger partial charge in [-0.1, -0.05) is 0 Å². The molecule has 0 bridgehead atoms. The lowest BCUT2D eigenvalue weighted by molar-refractivity contribution is -0.138. The van der Waals surface area contributed by atoms with E-state index >= 15 is 0 Å².